The molecule has 0 radical (unpaired) electrons. The SMILES string of the molecule is O=C(O)N1CCC2(CN(C(=O)c3ccc4[nH]nnc4c3)C2Cc2ccccc2Cl)C(Cc2ccccc2Cl)C1. The number of carbonyl (C=O) groups excluding carboxylic acids is 1. The van der Waals surface area contributed by atoms with Gasteiger partial charge in [-0.05, 0) is 66.6 Å². The molecule has 4 aromatic rings. The van der Waals surface area contributed by atoms with Crippen molar-refractivity contribution in [3.05, 3.63) is 93.5 Å². The summed E-state index contributed by atoms with van der Waals surface area (Å²) in [6.45, 7) is 1.33. The van der Waals surface area contributed by atoms with Gasteiger partial charge in [-0.2, -0.15) is 0 Å². The van der Waals surface area contributed by atoms with Crippen LogP contribution in [0.1, 0.15) is 27.9 Å². The van der Waals surface area contributed by atoms with E-state index in [1.807, 2.05) is 59.5 Å². The maximum atomic E-state index is 13.9. The predicted molar refractivity (Wildman–Crippen MR) is 149 cm³/mol. The molecule has 2 aliphatic heterocycles. The van der Waals surface area contributed by atoms with Gasteiger partial charge in [-0.3, -0.25) is 9.89 Å². The Labute approximate surface area is 235 Å². The van der Waals surface area contributed by atoms with E-state index in [4.69, 9.17) is 23.2 Å². The molecule has 200 valence electrons. The third kappa shape index (κ3) is 4.61. The molecule has 2 N–H and O–H groups in total. The number of halogens is 2. The van der Waals surface area contributed by atoms with Crippen LogP contribution in [-0.4, -0.2) is 68.0 Å². The van der Waals surface area contributed by atoms with E-state index in [-0.39, 0.29) is 23.3 Å². The van der Waals surface area contributed by atoms with Gasteiger partial charge in [0.05, 0.1) is 5.52 Å². The van der Waals surface area contributed by atoms with Gasteiger partial charge < -0.3 is 14.9 Å². The van der Waals surface area contributed by atoms with E-state index in [1.54, 1.807) is 12.1 Å². The molecule has 1 aromatic heterocycles. The number of benzene rings is 3. The average Bonchev–Trinajstić information content (AvgIpc) is 3.40. The molecule has 3 heterocycles. The third-order valence-electron chi connectivity index (χ3n) is 8.51. The van der Waals surface area contributed by atoms with Gasteiger partial charge in [-0.15, -0.1) is 5.10 Å². The lowest BCUT2D eigenvalue weighted by Gasteiger charge is -2.63. The molecule has 6 rings (SSSR count). The monoisotopic (exact) mass is 563 g/mol. The number of rotatable bonds is 5. The minimum absolute atomic E-state index is 0.0307. The molecule has 1 spiro atoms. The van der Waals surface area contributed by atoms with Crippen molar-refractivity contribution < 1.29 is 14.7 Å². The van der Waals surface area contributed by atoms with Crippen LogP contribution < -0.4 is 0 Å². The molecule has 0 aliphatic carbocycles. The molecule has 3 atom stereocenters. The standard InChI is InChI=1S/C29H27Cl2N5O3/c30-22-7-3-1-5-18(22)13-21-16-35(28(38)39)12-11-29(21)17-36(26(29)15-19-6-2-4-8-23(19)31)27(37)20-9-10-24-25(14-20)33-34-32-24/h1-10,14,21,26H,11-13,15-17H2,(H,38,39)(H,32,33,34). The van der Waals surface area contributed by atoms with E-state index < -0.39 is 6.09 Å². The highest BCUT2D eigenvalue weighted by Crippen LogP contribution is 2.52. The Kier molecular flexibility index (Phi) is 6.69. The fourth-order valence-electron chi connectivity index (χ4n) is 6.37. The maximum absolute atomic E-state index is 13.9. The first-order chi connectivity index (χ1) is 18.9. The van der Waals surface area contributed by atoms with Crippen molar-refractivity contribution in [3.63, 3.8) is 0 Å². The van der Waals surface area contributed by atoms with Crippen molar-refractivity contribution in [2.45, 2.75) is 25.3 Å². The van der Waals surface area contributed by atoms with Gasteiger partial charge in [0, 0.05) is 46.7 Å². The van der Waals surface area contributed by atoms with Gasteiger partial charge in [-0.1, -0.05) is 64.8 Å². The number of H-pyrrole nitrogens is 1. The van der Waals surface area contributed by atoms with Crippen LogP contribution in [0.5, 0.6) is 0 Å². The van der Waals surface area contributed by atoms with E-state index in [2.05, 4.69) is 15.4 Å². The summed E-state index contributed by atoms with van der Waals surface area (Å²) in [6, 6.07) is 20.6. The molecule has 3 aromatic carbocycles. The second-order valence-electron chi connectivity index (χ2n) is 10.5. The summed E-state index contributed by atoms with van der Waals surface area (Å²) in [5.41, 5.74) is 3.59. The zero-order valence-corrected chi connectivity index (χ0v) is 22.6. The average molecular weight is 564 g/mol. The molecule has 2 aliphatic rings. The number of fused-ring (bicyclic) bond motifs is 1. The molecular formula is C29H27Cl2N5O3. The fourth-order valence-corrected chi connectivity index (χ4v) is 6.80. The number of hydrogen-bond donors (Lipinski definition) is 2. The molecule has 3 unspecified atom stereocenters. The predicted octanol–water partition coefficient (Wildman–Crippen LogP) is 5.56. The van der Waals surface area contributed by atoms with Crippen molar-refractivity contribution >= 4 is 46.2 Å². The first kappa shape index (κ1) is 25.6. The number of aromatic nitrogens is 3. The van der Waals surface area contributed by atoms with Crippen molar-refractivity contribution in [3.8, 4) is 0 Å². The summed E-state index contributed by atoms with van der Waals surface area (Å²) in [5.74, 6) is -0.114. The van der Waals surface area contributed by atoms with Gasteiger partial charge in [-0.25, -0.2) is 4.79 Å². The lowest BCUT2D eigenvalue weighted by Crippen LogP contribution is -2.73. The number of hydrogen-bond acceptors (Lipinski definition) is 4. The van der Waals surface area contributed by atoms with Crippen LogP contribution in [0.4, 0.5) is 4.79 Å². The van der Waals surface area contributed by atoms with Crippen molar-refractivity contribution in [2.24, 2.45) is 11.3 Å². The second kappa shape index (κ2) is 10.2. The van der Waals surface area contributed by atoms with Crippen LogP contribution in [-0.2, 0) is 12.8 Å². The minimum atomic E-state index is -0.926. The number of carboxylic acid groups (broad SMARTS) is 1. The number of amides is 2. The van der Waals surface area contributed by atoms with E-state index in [9.17, 15) is 14.7 Å². The molecule has 8 nitrogen and oxygen atoms in total. The van der Waals surface area contributed by atoms with Gasteiger partial charge in [0.25, 0.3) is 5.91 Å². The first-order valence-electron chi connectivity index (χ1n) is 12.9. The number of likely N-dealkylation sites (tertiary alicyclic amines) is 2. The van der Waals surface area contributed by atoms with E-state index in [1.165, 1.54) is 4.90 Å². The van der Waals surface area contributed by atoms with E-state index in [0.29, 0.717) is 60.0 Å². The second-order valence-corrected chi connectivity index (χ2v) is 11.3. The number of aromatic amines is 1. The smallest absolute Gasteiger partial charge is 0.407 e. The molecule has 10 heteroatoms. The highest BCUT2D eigenvalue weighted by atomic mass is 35.5. The summed E-state index contributed by atoms with van der Waals surface area (Å²) < 4.78 is 0. The van der Waals surface area contributed by atoms with Crippen molar-refractivity contribution in [2.75, 3.05) is 19.6 Å². The topological polar surface area (TPSA) is 102 Å². The van der Waals surface area contributed by atoms with Gasteiger partial charge in [0.1, 0.15) is 5.52 Å². The zero-order chi connectivity index (χ0) is 27.1. The molecule has 0 saturated carbocycles. The largest absolute Gasteiger partial charge is 0.465 e. The van der Waals surface area contributed by atoms with Gasteiger partial charge >= 0.3 is 6.09 Å². The Morgan fingerprint density at radius 2 is 1.69 bits per heavy atom. The molecule has 2 fully saturated rings. The van der Waals surface area contributed by atoms with E-state index >= 15 is 0 Å². The van der Waals surface area contributed by atoms with Crippen LogP contribution in [0.15, 0.2) is 66.7 Å². The van der Waals surface area contributed by atoms with Crippen molar-refractivity contribution in [1.29, 1.82) is 0 Å². The lowest BCUT2D eigenvalue weighted by atomic mass is 9.56. The van der Waals surface area contributed by atoms with Gasteiger partial charge in [0.2, 0.25) is 0 Å². The third-order valence-corrected chi connectivity index (χ3v) is 9.24. The first-order valence-corrected chi connectivity index (χ1v) is 13.7. The maximum Gasteiger partial charge on any atom is 0.407 e. The summed E-state index contributed by atoms with van der Waals surface area (Å²) in [7, 11) is 0. The van der Waals surface area contributed by atoms with Crippen LogP contribution in [0, 0.1) is 11.3 Å². The Hall–Kier alpha value is -3.62. The quantitative estimate of drug-likeness (QED) is 0.331. The highest BCUT2D eigenvalue weighted by molar-refractivity contribution is 6.31. The van der Waals surface area contributed by atoms with Crippen LogP contribution in [0.25, 0.3) is 11.0 Å². The summed E-state index contributed by atoms with van der Waals surface area (Å²) in [6.07, 6.45) is 0.916. The molecule has 39 heavy (non-hydrogen) atoms. The Morgan fingerprint density at radius 1 is 1.00 bits per heavy atom. The number of carbonyl (C=O) groups is 2. The molecule has 2 saturated heterocycles. The number of nitrogens with one attached hydrogen (secondary N) is 1. The highest BCUT2D eigenvalue weighted by Gasteiger charge is 2.60. The molecule has 2 amide bonds. The van der Waals surface area contributed by atoms with Crippen LogP contribution in [0.3, 0.4) is 0 Å². The fraction of sp³-hybridized carbons (Fsp3) is 0.310. The van der Waals surface area contributed by atoms with Crippen LogP contribution >= 0.6 is 23.2 Å². The van der Waals surface area contributed by atoms with Gasteiger partial charge in [0.15, 0.2) is 0 Å². The lowest BCUT2D eigenvalue weighted by molar-refractivity contribution is -0.121. The number of piperidine rings is 1. The summed E-state index contributed by atoms with van der Waals surface area (Å²) in [5, 5.41) is 21.9. The Morgan fingerprint density at radius 3 is 2.38 bits per heavy atom. The summed E-state index contributed by atoms with van der Waals surface area (Å²) in [4.78, 5) is 29.3. The Bertz CT molecular complexity index is 1560. The molecule has 0 bridgehead atoms. The minimum Gasteiger partial charge on any atom is -0.465 e. The Balaban J connectivity index is 1.38. The molecular weight excluding hydrogens is 537 g/mol. The zero-order valence-electron chi connectivity index (χ0n) is 21.1. The van der Waals surface area contributed by atoms with E-state index in [0.717, 1.165) is 16.6 Å². The van der Waals surface area contributed by atoms with Crippen LogP contribution in [0.2, 0.25) is 10.0 Å². The number of nitrogens with zero attached hydrogens (tertiary/aromatic N) is 4. The van der Waals surface area contributed by atoms with Crippen molar-refractivity contribution in [1.82, 2.24) is 25.2 Å². The summed E-state index contributed by atoms with van der Waals surface area (Å²) >= 11 is 13.2. The normalized spacial score (nSPS) is 22.7.